The number of ether oxygens (including phenoxy) is 1. The standard InChI is InChI=1S/C16H25F3N2O3/c1-5-14(3,4)10-7-8-12-11(9-10)15(23,16(17,18)19)21(20-12)13(22)24-6-2/h10-11,23H,5-9H2,1-4H3/t10-,11+,15+/m0/s1. The van der Waals surface area contributed by atoms with Crippen LogP contribution in [-0.4, -0.2) is 40.4 Å². The molecule has 2 aliphatic rings. The van der Waals surface area contributed by atoms with Crippen LogP contribution < -0.4 is 0 Å². The quantitative estimate of drug-likeness (QED) is 0.839. The van der Waals surface area contributed by atoms with Gasteiger partial charge < -0.3 is 9.84 Å². The van der Waals surface area contributed by atoms with E-state index in [2.05, 4.69) is 9.84 Å². The van der Waals surface area contributed by atoms with Gasteiger partial charge in [0.05, 0.1) is 12.5 Å². The molecule has 1 heterocycles. The predicted octanol–water partition coefficient (Wildman–Crippen LogP) is 3.92. The number of rotatable bonds is 3. The van der Waals surface area contributed by atoms with Crippen LogP contribution in [0.5, 0.6) is 0 Å². The Morgan fingerprint density at radius 2 is 2.04 bits per heavy atom. The summed E-state index contributed by atoms with van der Waals surface area (Å²) < 4.78 is 45.8. The third-order valence-corrected chi connectivity index (χ3v) is 5.58. The topological polar surface area (TPSA) is 62.1 Å². The van der Waals surface area contributed by atoms with E-state index in [-0.39, 0.29) is 35.1 Å². The number of carbonyl (C=O) groups is 1. The van der Waals surface area contributed by atoms with Crippen molar-refractivity contribution in [3.8, 4) is 0 Å². The third kappa shape index (κ3) is 2.89. The first-order valence-electron chi connectivity index (χ1n) is 8.32. The second kappa shape index (κ2) is 6.20. The van der Waals surface area contributed by atoms with Gasteiger partial charge in [0.2, 0.25) is 0 Å². The summed E-state index contributed by atoms with van der Waals surface area (Å²) in [7, 11) is 0. The highest BCUT2D eigenvalue weighted by Gasteiger charge is 2.69. The lowest BCUT2D eigenvalue weighted by Crippen LogP contribution is -2.62. The van der Waals surface area contributed by atoms with Crippen molar-refractivity contribution >= 4 is 11.8 Å². The maximum atomic E-state index is 13.7. The van der Waals surface area contributed by atoms with Gasteiger partial charge >= 0.3 is 12.3 Å². The molecule has 138 valence electrons. The van der Waals surface area contributed by atoms with Crippen molar-refractivity contribution in [1.82, 2.24) is 5.01 Å². The minimum atomic E-state index is -5.02. The minimum Gasteiger partial charge on any atom is -0.448 e. The molecule has 5 nitrogen and oxygen atoms in total. The highest BCUT2D eigenvalue weighted by molar-refractivity contribution is 5.92. The Morgan fingerprint density at radius 1 is 1.42 bits per heavy atom. The number of hydrazone groups is 1. The van der Waals surface area contributed by atoms with E-state index in [1.54, 1.807) is 0 Å². The highest BCUT2D eigenvalue weighted by Crippen LogP contribution is 2.52. The summed E-state index contributed by atoms with van der Waals surface area (Å²) in [6, 6.07) is 0. The average molecular weight is 350 g/mol. The number of alkyl halides is 3. The molecule has 24 heavy (non-hydrogen) atoms. The van der Waals surface area contributed by atoms with Crippen molar-refractivity contribution in [3.63, 3.8) is 0 Å². The molecule has 0 aromatic rings. The summed E-state index contributed by atoms with van der Waals surface area (Å²) in [4.78, 5) is 11.9. The van der Waals surface area contributed by atoms with Crippen LogP contribution in [0, 0.1) is 17.3 Å². The molecule has 0 radical (unpaired) electrons. The summed E-state index contributed by atoms with van der Waals surface area (Å²) in [5, 5.41) is 14.4. The van der Waals surface area contributed by atoms with E-state index in [9.17, 15) is 23.1 Å². The normalized spacial score (nSPS) is 30.8. The SMILES string of the molecule is CCOC(=O)N1N=C2CC[C@H](C(C)(C)CC)C[C@H]2[C@@]1(O)C(F)(F)F. The molecular formula is C16H25F3N2O3. The fourth-order valence-electron chi connectivity index (χ4n) is 3.58. The van der Waals surface area contributed by atoms with Crippen molar-refractivity contribution in [2.24, 2.45) is 22.4 Å². The summed E-state index contributed by atoms with van der Waals surface area (Å²) in [6.45, 7) is 7.43. The first kappa shape index (κ1) is 19.0. The number of halogens is 3. The zero-order chi connectivity index (χ0) is 18.3. The van der Waals surface area contributed by atoms with Crippen LogP contribution in [0.4, 0.5) is 18.0 Å². The number of hydrogen-bond acceptors (Lipinski definition) is 4. The van der Waals surface area contributed by atoms with Crippen molar-refractivity contribution in [2.45, 2.75) is 65.3 Å². The Labute approximate surface area is 139 Å². The predicted molar refractivity (Wildman–Crippen MR) is 82.2 cm³/mol. The molecule has 0 aromatic carbocycles. The van der Waals surface area contributed by atoms with Crippen molar-refractivity contribution in [3.05, 3.63) is 0 Å². The first-order valence-corrected chi connectivity index (χ1v) is 8.32. The lowest BCUT2D eigenvalue weighted by atomic mass is 9.64. The smallest absolute Gasteiger partial charge is 0.439 e. The van der Waals surface area contributed by atoms with Crippen LogP contribution in [0.3, 0.4) is 0 Å². The Hall–Kier alpha value is -1.31. The van der Waals surface area contributed by atoms with Crippen LogP contribution >= 0.6 is 0 Å². The number of hydrogen-bond donors (Lipinski definition) is 1. The van der Waals surface area contributed by atoms with Crippen LogP contribution in [0.1, 0.15) is 53.4 Å². The van der Waals surface area contributed by atoms with Gasteiger partial charge in [0.15, 0.2) is 0 Å². The third-order valence-electron chi connectivity index (χ3n) is 5.58. The molecule has 0 aromatic heterocycles. The van der Waals surface area contributed by atoms with E-state index in [0.29, 0.717) is 12.8 Å². The number of nitrogens with zero attached hydrogens (tertiary/aromatic N) is 2. The van der Waals surface area contributed by atoms with Gasteiger partial charge in [-0.3, -0.25) is 0 Å². The Morgan fingerprint density at radius 3 is 2.54 bits per heavy atom. The van der Waals surface area contributed by atoms with Crippen molar-refractivity contribution in [1.29, 1.82) is 0 Å². The number of aliphatic hydroxyl groups is 1. The molecule has 1 fully saturated rings. The monoisotopic (exact) mass is 350 g/mol. The molecule has 2 rings (SSSR count). The molecule has 1 amide bonds. The number of amides is 1. The van der Waals surface area contributed by atoms with Crippen molar-refractivity contribution < 1.29 is 27.8 Å². The van der Waals surface area contributed by atoms with Crippen LogP contribution in [-0.2, 0) is 4.74 Å². The largest absolute Gasteiger partial charge is 0.448 e. The lowest BCUT2D eigenvalue weighted by molar-refractivity contribution is -0.316. The summed E-state index contributed by atoms with van der Waals surface area (Å²) in [5.74, 6) is -1.23. The summed E-state index contributed by atoms with van der Waals surface area (Å²) >= 11 is 0. The molecular weight excluding hydrogens is 325 g/mol. The molecule has 0 saturated heterocycles. The van der Waals surface area contributed by atoms with E-state index in [4.69, 9.17) is 0 Å². The van der Waals surface area contributed by atoms with E-state index in [0.717, 1.165) is 6.42 Å². The van der Waals surface area contributed by atoms with Gasteiger partial charge in [-0.1, -0.05) is 27.2 Å². The second-order valence-electron chi connectivity index (χ2n) is 7.19. The Bertz CT molecular complexity index is 533. The van der Waals surface area contributed by atoms with Crippen LogP contribution in [0.25, 0.3) is 0 Å². The zero-order valence-corrected chi connectivity index (χ0v) is 14.5. The Kier molecular flexibility index (Phi) is 4.92. The second-order valence-corrected chi connectivity index (χ2v) is 7.19. The maximum Gasteiger partial charge on any atom is 0.439 e. The number of carbonyl (C=O) groups excluding carboxylic acids is 1. The van der Waals surface area contributed by atoms with E-state index in [1.165, 1.54) is 6.92 Å². The summed E-state index contributed by atoms with van der Waals surface area (Å²) in [6.07, 6.45) is -4.29. The fourth-order valence-corrected chi connectivity index (χ4v) is 3.58. The Balaban J connectivity index is 2.38. The van der Waals surface area contributed by atoms with Gasteiger partial charge in [0.1, 0.15) is 0 Å². The number of fused-ring (bicyclic) bond motifs is 1. The van der Waals surface area contributed by atoms with E-state index in [1.807, 2.05) is 20.8 Å². The van der Waals surface area contributed by atoms with Gasteiger partial charge in [0.25, 0.3) is 5.72 Å². The molecule has 1 N–H and O–H groups in total. The van der Waals surface area contributed by atoms with Gasteiger partial charge in [-0.15, -0.1) is 0 Å². The van der Waals surface area contributed by atoms with Gasteiger partial charge in [-0.05, 0) is 37.5 Å². The van der Waals surface area contributed by atoms with E-state index >= 15 is 0 Å². The van der Waals surface area contributed by atoms with Crippen LogP contribution in [0.15, 0.2) is 5.10 Å². The molecule has 8 heteroatoms. The molecule has 0 unspecified atom stereocenters. The van der Waals surface area contributed by atoms with Gasteiger partial charge in [-0.25, -0.2) is 4.79 Å². The summed E-state index contributed by atoms with van der Waals surface area (Å²) in [5.41, 5.74) is -3.25. The molecule has 0 bridgehead atoms. The fraction of sp³-hybridized carbons (Fsp3) is 0.875. The van der Waals surface area contributed by atoms with Crippen LogP contribution in [0.2, 0.25) is 0 Å². The van der Waals surface area contributed by atoms with Gasteiger partial charge in [0, 0.05) is 5.71 Å². The lowest BCUT2D eigenvalue weighted by Gasteiger charge is -2.43. The van der Waals surface area contributed by atoms with E-state index < -0.39 is 23.9 Å². The molecule has 1 aliphatic carbocycles. The maximum absolute atomic E-state index is 13.7. The average Bonchev–Trinajstić information content (AvgIpc) is 2.81. The zero-order valence-electron chi connectivity index (χ0n) is 14.5. The molecule has 1 aliphatic heterocycles. The first-order chi connectivity index (χ1) is 11.0. The minimum absolute atomic E-state index is 0.0162. The molecule has 1 saturated carbocycles. The molecule has 3 atom stereocenters. The van der Waals surface area contributed by atoms with Gasteiger partial charge in [-0.2, -0.15) is 23.3 Å². The molecule has 0 spiro atoms. The highest BCUT2D eigenvalue weighted by atomic mass is 19.4. The van der Waals surface area contributed by atoms with Crippen molar-refractivity contribution in [2.75, 3.05) is 6.61 Å².